The lowest BCUT2D eigenvalue weighted by atomic mass is 10.2. The molecule has 0 unspecified atom stereocenters. The first-order valence-electron chi connectivity index (χ1n) is 9.60. The monoisotopic (exact) mass is 458 g/mol. The number of rotatable bonds is 7. The molecule has 1 aromatic carbocycles. The van der Waals surface area contributed by atoms with E-state index in [0.717, 1.165) is 0 Å². The Balaban J connectivity index is 1.60. The van der Waals surface area contributed by atoms with Gasteiger partial charge < -0.3 is 14.1 Å². The summed E-state index contributed by atoms with van der Waals surface area (Å²) in [6.45, 7) is 3.54. The fourth-order valence-electron chi connectivity index (χ4n) is 3.61. The van der Waals surface area contributed by atoms with E-state index in [1.807, 2.05) is 0 Å². The van der Waals surface area contributed by atoms with Crippen molar-refractivity contribution in [3.63, 3.8) is 0 Å². The van der Waals surface area contributed by atoms with Crippen molar-refractivity contribution in [2.24, 2.45) is 0 Å². The number of sulfone groups is 1. The van der Waals surface area contributed by atoms with Crippen molar-refractivity contribution in [3.05, 3.63) is 33.8 Å². The van der Waals surface area contributed by atoms with Gasteiger partial charge in [-0.05, 0) is 32.4 Å². The largest absolute Gasteiger partial charge is 0.452 e. The molecule has 11 heteroatoms. The summed E-state index contributed by atoms with van der Waals surface area (Å²) < 4.78 is 35.0. The average molecular weight is 459 g/mol. The zero-order chi connectivity index (χ0) is 22.1. The Bertz CT molecular complexity index is 1120. The van der Waals surface area contributed by atoms with Crippen LogP contribution in [0, 0.1) is 0 Å². The van der Waals surface area contributed by atoms with Crippen LogP contribution in [0.1, 0.15) is 26.7 Å². The molecule has 1 aliphatic heterocycles. The number of oxazole rings is 1. The Morgan fingerprint density at radius 2 is 2.13 bits per heavy atom. The molecule has 0 spiro atoms. The lowest BCUT2D eigenvalue weighted by Gasteiger charge is -2.29. The number of aromatic nitrogens is 1. The van der Waals surface area contributed by atoms with Gasteiger partial charge in [-0.2, -0.15) is 0 Å². The Labute approximate surface area is 178 Å². The molecule has 0 saturated carbocycles. The predicted octanol–water partition coefficient (Wildman–Crippen LogP) is 1.61. The Hall–Kier alpha value is -2.33. The van der Waals surface area contributed by atoms with Crippen LogP contribution in [0.3, 0.4) is 0 Å². The molecule has 30 heavy (non-hydrogen) atoms. The lowest BCUT2D eigenvalue weighted by Crippen LogP contribution is -2.46. The SMILES string of the molecule is CCN(C(=O)[C@@H](C)OC(=O)CCn1c(=O)oc2cc(Cl)ccc21)[C@@H]1CCS(=O)(=O)C1. The number of benzene rings is 1. The van der Waals surface area contributed by atoms with Gasteiger partial charge in [-0.3, -0.25) is 14.2 Å². The van der Waals surface area contributed by atoms with Crippen molar-refractivity contribution in [1.29, 1.82) is 0 Å². The second-order valence-electron chi connectivity index (χ2n) is 7.19. The van der Waals surface area contributed by atoms with Gasteiger partial charge in [-0.25, -0.2) is 13.2 Å². The molecule has 2 atom stereocenters. The third-order valence-corrected chi connectivity index (χ3v) is 7.08. The van der Waals surface area contributed by atoms with E-state index >= 15 is 0 Å². The number of hydrogen-bond donors (Lipinski definition) is 0. The molecule has 164 valence electrons. The molecule has 1 amide bonds. The summed E-state index contributed by atoms with van der Waals surface area (Å²) in [4.78, 5) is 38.4. The number of carbonyl (C=O) groups is 2. The maximum absolute atomic E-state index is 12.7. The smallest absolute Gasteiger partial charge is 0.419 e. The third-order valence-electron chi connectivity index (χ3n) is 5.10. The fourth-order valence-corrected chi connectivity index (χ4v) is 5.50. The van der Waals surface area contributed by atoms with Crippen LogP contribution >= 0.6 is 11.6 Å². The number of fused-ring (bicyclic) bond motifs is 1. The molecule has 0 aliphatic carbocycles. The minimum absolute atomic E-state index is 0.0194. The molecule has 2 heterocycles. The molecular weight excluding hydrogens is 436 g/mol. The van der Waals surface area contributed by atoms with Gasteiger partial charge in [0, 0.05) is 30.2 Å². The van der Waals surface area contributed by atoms with E-state index in [2.05, 4.69) is 0 Å². The summed E-state index contributed by atoms with van der Waals surface area (Å²) in [5, 5.41) is 0.422. The predicted molar refractivity (Wildman–Crippen MR) is 110 cm³/mol. The number of aryl methyl sites for hydroxylation is 1. The molecule has 0 radical (unpaired) electrons. The third kappa shape index (κ3) is 4.86. The second-order valence-corrected chi connectivity index (χ2v) is 9.86. The summed E-state index contributed by atoms with van der Waals surface area (Å²) in [6.07, 6.45) is -0.820. The maximum atomic E-state index is 12.7. The first-order chi connectivity index (χ1) is 14.1. The number of carbonyl (C=O) groups excluding carboxylic acids is 2. The fraction of sp³-hybridized carbons (Fsp3) is 0.526. The first-order valence-corrected chi connectivity index (χ1v) is 11.8. The van der Waals surface area contributed by atoms with Gasteiger partial charge >= 0.3 is 11.7 Å². The highest BCUT2D eigenvalue weighted by molar-refractivity contribution is 7.91. The van der Waals surface area contributed by atoms with E-state index < -0.39 is 39.6 Å². The molecule has 9 nitrogen and oxygen atoms in total. The van der Waals surface area contributed by atoms with E-state index in [4.69, 9.17) is 20.8 Å². The van der Waals surface area contributed by atoms with Crippen molar-refractivity contribution < 1.29 is 27.2 Å². The molecule has 1 fully saturated rings. The Morgan fingerprint density at radius 1 is 1.40 bits per heavy atom. The normalized spacial score (nSPS) is 19.0. The summed E-state index contributed by atoms with van der Waals surface area (Å²) in [6, 6.07) is 4.33. The number of ether oxygens (including phenoxy) is 1. The number of amides is 1. The van der Waals surface area contributed by atoms with Gasteiger partial charge in [0.2, 0.25) is 0 Å². The quantitative estimate of drug-likeness (QED) is 0.578. The highest BCUT2D eigenvalue weighted by Crippen LogP contribution is 2.20. The van der Waals surface area contributed by atoms with Gasteiger partial charge in [-0.15, -0.1) is 0 Å². The highest BCUT2D eigenvalue weighted by atomic mass is 35.5. The van der Waals surface area contributed by atoms with Gasteiger partial charge in [0.1, 0.15) is 0 Å². The number of halogens is 1. The Morgan fingerprint density at radius 3 is 2.77 bits per heavy atom. The lowest BCUT2D eigenvalue weighted by molar-refractivity contribution is -0.160. The molecular formula is C19H23ClN2O7S. The van der Waals surface area contributed by atoms with Crippen LogP contribution in [0.2, 0.25) is 5.02 Å². The van der Waals surface area contributed by atoms with E-state index in [0.29, 0.717) is 29.1 Å². The minimum Gasteiger partial charge on any atom is -0.452 e. The standard InChI is InChI=1S/C19H23ClN2O7S/c1-3-21(14-7-9-30(26,27)11-14)18(24)12(2)28-17(23)6-8-22-15-5-4-13(20)10-16(15)29-19(22)25/h4-5,10,12,14H,3,6-9,11H2,1-2H3/t12-,14-/m1/s1. The minimum atomic E-state index is -3.14. The topological polar surface area (TPSA) is 116 Å². The van der Waals surface area contributed by atoms with Crippen molar-refractivity contribution in [1.82, 2.24) is 9.47 Å². The molecule has 0 bridgehead atoms. The van der Waals surface area contributed by atoms with Crippen molar-refractivity contribution in [2.75, 3.05) is 18.1 Å². The number of esters is 1. The van der Waals surface area contributed by atoms with Gasteiger partial charge in [-0.1, -0.05) is 11.6 Å². The summed E-state index contributed by atoms with van der Waals surface area (Å²) in [7, 11) is -3.14. The van der Waals surface area contributed by atoms with E-state index in [9.17, 15) is 22.8 Å². The van der Waals surface area contributed by atoms with Crippen molar-refractivity contribution >= 4 is 44.4 Å². The van der Waals surface area contributed by atoms with Gasteiger partial charge in [0.15, 0.2) is 21.5 Å². The molecule has 0 N–H and O–H groups in total. The van der Waals surface area contributed by atoms with Crippen LogP contribution in [0.4, 0.5) is 0 Å². The average Bonchev–Trinajstić information content (AvgIpc) is 3.18. The zero-order valence-corrected chi connectivity index (χ0v) is 18.2. The van der Waals surface area contributed by atoms with Crippen LogP contribution in [0.15, 0.2) is 27.4 Å². The van der Waals surface area contributed by atoms with Crippen LogP contribution in [0.5, 0.6) is 0 Å². The number of nitrogens with zero attached hydrogens (tertiary/aromatic N) is 2. The van der Waals surface area contributed by atoms with E-state index in [-0.39, 0.29) is 24.5 Å². The van der Waals surface area contributed by atoms with Crippen LogP contribution < -0.4 is 5.76 Å². The van der Waals surface area contributed by atoms with Crippen LogP contribution in [-0.2, 0) is 30.7 Å². The van der Waals surface area contributed by atoms with Crippen molar-refractivity contribution in [3.8, 4) is 0 Å². The molecule has 1 aliphatic rings. The van der Waals surface area contributed by atoms with E-state index in [1.165, 1.54) is 22.5 Å². The molecule has 3 rings (SSSR count). The van der Waals surface area contributed by atoms with Crippen LogP contribution in [0.25, 0.3) is 11.1 Å². The maximum Gasteiger partial charge on any atom is 0.419 e. The second kappa shape index (κ2) is 8.81. The first kappa shape index (κ1) is 22.4. The van der Waals surface area contributed by atoms with E-state index in [1.54, 1.807) is 19.1 Å². The molecule has 2 aromatic rings. The summed E-state index contributed by atoms with van der Waals surface area (Å²) in [5.41, 5.74) is 0.815. The van der Waals surface area contributed by atoms with Gasteiger partial charge in [0.05, 0.1) is 23.4 Å². The Kier molecular flexibility index (Phi) is 6.56. The van der Waals surface area contributed by atoms with Gasteiger partial charge in [0.25, 0.3) is 5.91 Å². The highest BCUT2D eigenvalue weighted by Gasteiger charge is 2.36. The summed E-state index contributed by atoms with van der Waals surface area (Å²) in [5.74, 6) is -1.74. The van der Waals surface area contributed by atoms with Crippen LogP contribution in [-0.4, -0.2) is 60.0 Å². The van der Waals surface area contributed by atoms with Crippen molar-refractivity contribution in [2.45, 2.75) is 45.4 Å². The summed E-state index contributed by atoms with van der Waals surface area (Å²) >= 11 is 5.88. The molecule has 1 aromatic heterocycles. The zero-order valence-electron chi connectivity index (χ0n) is 16.7. The molecule has 1 saturated heterocycles. The number of likely N-dealkylation sites (N-methyl/N-ethyl adjacent to an activating group) is 1. The number of hydrogen-bond acceptors (Lipinski definition) is 7.